The van der Waals surface area contributed by atoms with Gasteiger partial charge < -0.3 is 10.1 Å². The highest BCUT2D eigenvalue weighted by Gasteiger charge is 2.30. The summed E-state index contributed by atoms with van der Waals surface area (Å²) in [6, 6.07) is 5.38. The molecule has 2 aromatic rings. The van der Waals surface area contributed by atoms with Crippen LogP contribution in [0.15, 0.2) is 29.4 Å². The van der Waals surface area contributed by atoms with Gasteiger partial charge in [-0.1, -0.05) is 23.9 Å². The molecule has 1 heterocycles. The molecule has 0 aliphatic rings. The van der Waals surface area contributed by atoms with E-state index in [1.54, 1.807) is 0 Å². The molecule has 1 aromatic heterocycles. The zero-order valence-electron chi connectivity index (χ0n) is 15.2. The van der Waals surface area contributed by atoms with Crippen LogP contribution >= 0.6 is 11.8 Å². The fourth-order valence-corrected chi connectivity index (χ4v) is 2.95. The predicted molar refractivity (Wildman–Crippen MR) is 96.6 cm³/mol. The number of halogens is 3. The van der Waals surface area contributed by atoms with E-state index in [1.165, 1.54) is 36.0 Å². The second-order valence-corrected chi connectivity index (χ2v) is 6.60. The van der Waals surface area contributed by atoms with E-state index in [0.29, 0.717) is 17.1 Å². The van der Waals surface area contributed by atoms with Crippen molar-refractivity contribution in [3.8, 4) is 5.75 Å². The summed E-state index contributed by atoms with van der Waals surface area (Å²) in [6.07, 6.45) is -2.01. The first-order chi connectivity index (χ1) is 12.7. The Morgan fingerprint density at radius 2 is 1.74 bits per heavy atom. The minimum atomic E-state index is -4.72. The SMILES string of the molecule is CSc1nc(C)c(CCC(=O)NCc2ccc(OC(F)(F)F)cc2)c(C)n1. The number of hydrogen-bond donors (Lipinski definition) is 1. The first kappa shape index (κ1) is 21.0. The Bertz CT molecular complexity index is 772. The van der Waals surface area contributed by atoms with Gasteiger partial charge in [-0.05, 0) is 49.8 Å². The Balaban J connectivity index is 1.85. The second kappa shape index (κ2) is 9.07. The van der Waals surface area contributed by atoms with Crippen LogP contribution in [0.5, 0.6) is 5.75 Å². The summed E-state index contributed by atoms with van der Waals surface area (Å²) in [5, 5.41) is 3.46. The molecule has 0 aliphatic heterocycles. The fraction of sp³-hybridized carbons (Fsp3) is 0.389. The first-order valence-corrected chi connectivity index (χ1v) is 9.40. The first-order valence-electron chi connectivity index (χ1n) is 8.17. The summed E-state index contributed by atoms with van der Waals surface area (Å²) in [5.74, 6) is -0.449. The molecular weight excluding hydrogens is 379 g/mol. The third-order valence-electron chi connectivity index (χ3n) is 3.83. The number of alkyl halides is 3. The lowest BCUT2D eigenvalue weighted by molar-refractivity contribution is -0.274. The molecule has 0 spiro atoms. The van der Waals surface area contributed by atoms with Gasteiger partial charge in [-0.3, -0.25) is 4.79 Å². The average Bonchev–Trinajstić information content (AvgIpc) is 2.59. The predicted octanol–water partition coefficient (Wildman–Crippen LogP) is 3.96. The van der Waals surface area contributed by atoms with Gasteiger partial charge in [-0.15, -0.1) is 13.2 Å². The van der Waals surface area contributed by atoms with Gasteiger partial charge in [0.15, 0.2) is 5.16 Å². The molecule has 0 bridgehead atoms. The van der Waals surface area contributed by atoms with Crippen LogP contribution in [0.3, 0.4) is 0 Å². The van der Waals surface area contributed by atoms with Crippen LogP contribution in [0.2, 0.25) is 0 Å². The number of hydrogen-bond acceptors (Lipinski definition) is 5. The lowest BCUT2D eigenvalue weighted by Gasteiger charge is -2.11. The van der Waals surface area contributed by atoms with Gasteiger partial charge in [0.1, 0.15) is 5.75 Å². The van der Waals surface area contributed by atoms with Gasteiger partial charge in [-0.2, -0.15) is 0 Å². The molecular formula is C18H20F3N3O2S. The molecule has 5 nitrogen and oxygen atoms in total. The Labute approximate surface area is 159 Å². The van der Waals surface area contributed by atoms with Gasteiger partial charge in [0.2, 0.25) is 5.91 Å². The molecule has 0 saturated carbocycles. The van der Waals surface area contributed by atoms with Crippen molar-refractivity contribution in [1.29, 1.82) is 0 Å². The van der Waals surface area contributed by atoms with Crippen molar-refractivity contribution in [2.45, 2.75) is 44.8 Å². The zero-order chi connectivity index (χ0) is 20.0. The molecule has 0 aliphatic carbocycles. The number of aromatic nitrogens is 2. The highest BCUT2D eigenvalue weighted by atomic mass is 32.2. The Morgan fingerprint density at radius 1 is 1.15 bits per heavy atom. The standard InChI is InChI=1S/C18H20F3N3O2S/c1-11-15(12(2)24-17(23-11)27-3)8-9-16(25)22-10-13-4-6-14(7-5-13)26-18(19,20)21/h4-7H,8-10H2,1-3H3,(H,22,25). The number of nitrogens with one attached hydrogen (secondary N) is 1. The number of thioether (sulfide) groups is 1. The number of amides is 1. The van der Waals surface area contributed by atoms with E-state index < -0.39 is 6.36 Å². The van der Waals surface area contributed by atoms with Crippen LogP contribution in [-0.4, -0.2) is 28.5 Å². The molecule has 9 heteroatoms. The topological polar surface area (TPSA) is 64.1 Å². The van der Waals surface area contributed by atoms with Crippen molar-refractivity contribution in [2.75, 3.05) is 6.26 Å². The lowest BCUT2D eigenvalue weighted by Crippen LogP contribution is -2.23. The van der Waals surface area contributed by atoms with Crippen molar-refractivity contribution >= 4 is 17.7 Å². The van der Waals surface area contributed by atoms with Crippen molar-refractivity contribution in [3.63, 3.8) is 0 Å². The largest absolute Gasteiger partial charge is 0.573 e. The quantitative estimate of drug-likeness (QED) is 0.564. The van der Waals surface area contributed by atoms with Gasteiger partial charge in [0.05, 0.1) is 0 Å². The van der Waals surface area contributed by atoms with Crippen LogP contribution < -0.4 is 10.1 Å². The average molecular weight is 399 g/mol. The number of carbonyl (C=O) groups is 1. The highest BCUT2D eigenvalue weighted by molar-refractivity contribution is 7.98. The normalized spacial score (nSPS) is 11.3. The summed E-state index contributed by atoms with van der Waals surface area (Å²) in [4.78, 5) is 20.8. The maximum atomic E-state index is 12.1. The van der Waals surface area contributed by atoms with E-state index >= 15 is 0 Å². The Hall–Kier alpha value is -2.29. The van der Waals surface area contributed by atoms with E-state index in [-0.39, 0.29) is 24.6 Å². The summed E-state index contributed by atoms with van der Waals surface area (Å²) in [7, 11) is 0. The molecule has 0 unspecified atom stereocenters. The number of ether oxygens (including phenoxy) is 1. The van der Waals surface area contributed by atoms with Gasteiger partial charge >= 0.3 is 6.36 Å². The zero-order valence-corrected chi connectivity index (χ0v) is 16.0. The minimum Gasteiger partial charge on any atom is -0.406 e. The summed E-state index contributed by atoms with van der Waals surface area (Å²) in [6.45, 7) is 4.02. The third kappa shape index (κ3) is 6.74. The number of rotatable bonds is 7. The number of nitrogens with zero attached hydrogens (tertiary/aromatic N) is 2. The van der Waals surface area contributed by atoms with E-state index in [0.717, 1.165) is 17.0 Å². The van der Waals surface area contributed by atoms with Crippen molar-refractivity contribution in [1.82, 2.24) is 15.3 Å². The van der Waals surface area contributed by atoms with Crippen molar-refractivity contribution in [2.24, 2.45) is 0 Å². The molecule has 146 valence electrons. The van der Waals surface area contributed by atoms with E-state index in [4.69, 9.17) is 0 Å². The maximum Gasteiger partial charge on any atom is 0.573 e. The second-order valence-electron chi connectivity index (χ2n) is 5.83. The van der Waals surface area contributed by atoms with E-state index in [2.05, 4.69) is 20.0 Å². The van der Waals surface area contributed by atoms with E-state index in [9.17, 15) is 18.0 Å². The van der Waals surface area contributed by atoms with Crippen LogP contribution in [0.4, 0.5) is 13.2 Å². The number of aryl methyl sites for hydroxylation is 2. The Morgan fingerprint density at radius 3 is 2.26 bits per heavy atom. The maximum absolute atomic E-state index is 12.1. The fourth-order valence-electron chi connectivity index (χ4n) is 2.50. The molecule has 0 radical (unpaired) electrons. The summed E-state index contributed by atoms with van der Waals surface area (Å²) in [5.41, 5.74) is 3.36. The van der Waals surface area contributed by atoms with Crippen molar-refractivity contribution < 1.29 is 22.7 Å². The smallest absolute Gasteiger partial charge is 0.406 e. The van der Waals surface area contributed by atoms with Crippen LogP contribution in [0.25, 0.3) is 0 Å². The molecule has 0 fully saturated rings. The van der Waals surface area contributed by atoms with Crippen LogP contribution in [0, 0.1) is 13.8 Å². The van der Waals surface area contributed by atoms with Gasteiger partial charge in [-0.25, -0.2) is 9.97 Å². The summed E-state index contributed by atoms with van der Waals surface area (Å²) >= 11 is 1.47. The molecule has 2 rings (SSSR count). The number of benzene rings is 1. The monoisotopic (exact) mass is 399 g/mol. The van der Waals surface area contributed by atoms with Gasteiger partial charge in [0.25, 0.3) is 0 Å². The van der Waals surface area contributed by atoms with Crippen molar-refractivity contribution in [3.05, 3.63) is 46.8 Å². The molecule has 1 aromatic carbocycles. The summed E-state index contributed by atoms with van der Waals surface area (Å²) < 4.78 is 40.2. The van der Waals surface area contributed by atoms with E-state index in [1.807, 2.05) is 20.1 Å². The minimum absolute atomic E-state index is 0.154. The molecule has 1 amide bonds. The van der Waals surface area contributed by atoms with Crippen LogP contribution in [0.1, 0.15) is 28.9 Å². The Kier molecular flexibility index (Phi) is 7.06. The molecule has 27 heavy (non-hydrogen) atoms. The molecule has 1 N–H and O–H groups in total. The molecule has 0 atom stereocenters. The van der Waals surface area contributed by atoms with Crippen LogP contribution in [-0.2, 0) is 17.8 Å². The number of carbonyl (C=O) groups excluding carboxylic acids is 1. The molecule has 0 saturated heterocycles. The lowest BCUT2D eigenvalue weighted by atomic mass is 10.1. The highest BCUT2D eigenvalue weighted by Crippen LogP contribution is 2.22. The third-order valence-corrected chi connectivity index (χ3v) is 4.38. The van der Waals surface area contributed by atoms with Gasteiger partial charge in [0, 0.05) is 24.4 Å².